The molecule has 2 unspecified atom stereocenters. The van der Waals surface area contributed by atoms with Crippen LogP contribution in [0, 0.1) is 5.82 Å². The zero-order valence-corrected chi connectivity index (χ0v) is 10.6. The van der Waals surface area contributed by atoms with Crippen LogP contribution in [0.15, 0.2) is 18.2 Å². The maximum absolute atomic E-state index is 12.9. The molecule has 1 fully saturated rings. The van der Waals surface area contributed by atoms with Crippen LogP contribution in [-0.4, -0.2) is 28.3 Å². The lowest BCUT2D eigenvalue weighted by molar-refractivity contribution is 0.0816. The summed E-state index contributed by atoms with van der Waals surface area (Å²) < 4.78 is 12.9. The first kappa shape index (κ1) is 13.8. The van der Waals surface area contributed by atoms with Crippen molar-refractivity contribution in [3.05, 3.63) is 29.6 Å². The number of aliphatic hydroxyl groups is 1. The summed E-state index contributed by atoms with van der Waals surface area (Å²) in [5, 5.41) is 22.2. The van der Waals surface area contributed by atoms with E-state index in [1.165, 1.54) is 6.07 Å². The minimum atomic E-state index is -0.594. The second-order valence-corrected chi connectivity index (χ2v) is 4.95. The number of amides is 1. The molecule has 1 amide bonds. The van der Waals surface area contributed by atoms with E-state index in [1.807, 2.05) is 0 Å². The minimum Gasteiger partial charge on any atom is -0.507 e. The van der Waals surface area contributed by atoms with Gasteiger partial charge in [0.25, 0.3) is 5.91 Å². The first-order chi connectivity index (χ1) is 9.08. The van der Waals surface area contributed by atoms with Gasteiger partial charge in [0, 0.05) is 6.07 Å². The Morgan fingerprint density at radius 2 is 2.00 bits per heavy atom. The van der Waals surface area contributed by atoms with Gasteiger partial charge >= 0.3 is 0 Å². The first-order valence-electron chi connectivity index (χ1n) is 6.55. The molecule has 1 aliphatic rings. The van der Waals surface area contributed by atoms with Crippen LogP contribution >= 0.6 is 0 Å². The van der Waals surface area contributed by atoms with Crippen molar-refractivity contribution < 1.29 is 19.4 Å². The fraction of sp³-hybridized carbons (Fsp3) is 0.500. The Bertz CT molecular complexity index is 464. The van der Waals surface area contributed by atoms with Crippen molar-refractivity contribution in [3.63, 3.8) is 0 Å². The van der Waals surface area contributed by atoms with Gasteiger partial charge in [-0.25, -0.2) is 4.39 Å². The van der Waals surface area contributed by atoms with Gasteiger partial charge in [0.2, 0.25) is 0 Å². The van der Waals surface area contributed by atoms with E-state index in [9.17, 15) is 19.4 Å². The zero-order chi connectivity index (χ0) is 13.8. The maximum atomic E-state index is 12.9. The molecule has 1 aromatic rings. The van der Waals surface area contributed by atoms with E-state index in [0.717, 1.165) is 37.8 Å². The molecule has 0 aromatic heterocycles. The molecule has 0 radical (unpaired) electrons. The van der Waals surface area contributed by atoms with Crippen LogP contribution in [-0.2, 0) is 0 Å². The number of hydrogen-bond acceptors (Lipinski definition) is 3. The van der Waals surface area contributed by atoms with Crippen molar-refractivity contribution in [1.82, 2.24) is 5.32 Å². The van der Waals surface area contributed by atoms with Gasteiger partial charge in [-0.05, 0) is 25.0 Å². The molecule has 0 saturated heterocycles. The summed E-state index contributed by atoms with van der Waals surface area (Å²) in [6.45, 7) is 0. The van der Waals surface area contributed by atoms with Crippen LogP contribution in [0.5, 0.6) is 5.75 Å². The van der Waals surface area contributed by atoms with Crippen molar-refractivity contribution in [1.29, 1.82) is 0 Å². The monoisotopic (exact) mass is 267 g/mol. The van der Waals surface area contributed by atoms with E-state index in [2.05, 4.69) is 5.32 Å². The Hall–Kier alpha value is -1.62. The fourth-order valence-corrected chi connectivity index (χ4v) is 2.40. The number of carbonyl (C=O) groups excluding carboxylic acids is 1. The van der Waals surface area contributed by atoms with Gasteiger partial charge in [0.1, 0.15) is 11.6 Å². The number of nitrogens with one attached hydrogen (secondary N) is 1. The summed E-state index contributed by atoms with van der Waals surface area (Å²) in [6, 6.07) is 2.96. The summed E-state index contributed by atoms with van der Waals surface area (Å²) in [5.41, 5.74) is 0.0258. The molecule has 19 heavy (non-hydrogen) atoms. The summed E-state index contributed by atoms with van der Waals surface area (Å²) in [5.74, 6) is -1.47. The SMILES string of the molecule is O=C(NC1CCCCCC1O)c1ccc(F)cc1O. The molecule has 0 heterocycles. The lowest BCUT2D eigenvalue weighted by Gasteiger charge is -2.21. The predicted octanol–water partition coefficient (Wildman–Crippen LogP) is 1.95. The third-order valence-corrected chi connectivity index (χ3v) is 3.50. The number of phenols is 1. The van der Waals surface area contributed by atoms with Crippen molar-refractivity contribution in [2.75, 3.05) is 0 Å². The molecular weight excluding hydrogens is 249 g/mol. The topological polar surface area (TPSA) is 69.6 Å². The summed E-state index contributed by atoms with van der Waals surface area (Å²) >= 11 is 0. The Morgan fingerprint density at radius 1 is 1.26 bits per heavy atom. The number of aromatic hydroxyl groups is 1. The molecule has 5 heteroatoms. The average Bonchev–Trinajstić information content (AvgIpc) is 2.55. The van der Waals surface area contributed by atoms with Crippen molar-refractivity contribution in [2.24, 2.45) is 0 Å². The zero-order valence-electron chi connectivity index (χ0n) is 10.6. The van der Waals surface area contributed by atoms with Gasteiger partial charge in [0.15, 0.2) is 0 Å². The molecule has 2 atom stereocenters. The number of aliphatic hydroxyl groups excluding tert-OH is 1. The highest BCUT2D eigenvalue weighted by Crippen LogP contribution is 2.21. The smallest absolute Gasteiger partial charge is 0.255 e. The molecule has 2 rings (SSSR count). The molecule has 1 saturated carbocycles. The van der Waals surface area contributed by atoms with Crippen LogP contribution < -0.4 is 5.32 Å². The van der Waals surface area contributed by atoms with E-state index in [-0.39, 0.29) is 17.4 Å². The minimum absolute atomic E-state index is 0.0258. The highest BCUT2D eigenvalue weighted by atomic mass is 19.1. The molecular formula is C14H18FNO3. The number of rotatable bonds is 2. The lowest BCUT2D eigenvalue weighted by Crippen LogP contribution is -2.42. The Balaban J connectivity index is 2.07. The van der Waals surface area contributed by atoms with E-state index < -0.39 is 17.8 Å². The van der Waals surface area contributed by atoms with Crippen LogP contribution in [0.25, 0.3) is 0 Å². The highest BCUT2D eigenvalue weighted by Gasteiger charge is 2.24. The molecule has 1 aromatic carbocycles. The third kappa shape index (κ3) is 3.44. The van der Waals surface area contributed by atoms with Crippen molar-refractivity contribution >= 4 is 5.91 Å². The molecule has 0 spiro atoms. The fourth-order valence-electron chi connectivity index (χ4n) is 2.40. The second kappa shape index (κ2) is 6.02. The second-order valence-electron chi connectivity index (χ2n) is 4.95. The molecule has 104 valence electrons. The van der Waals surface area contributed by atoms with Crippen LogP contribution in [0.4, 0.5) is 4.39 Å². The summed E-state index contributed by atoms with van der Waals surface area (Å²) in [6.07, 6.45) is 3.78. The Kier molecular flexibility index (Phi) is 4.37. The highest BCUT2D eigenvalue weighted by molar-refractivity contribution is 5.97. The normalized spacial score (nSPS) is 23.7. The number of phenolic OH excluding ortho intramolecular Hbond substituents is 1. The quantitative estimate of drug-likeness (QED) is 0.717. The van der Waals surface area contributed by atoms with Crippen LogP contribution in [0.3, 0.4) is 0 Å². The standard InChI is InChI=1S/C14H18FNO3/c15-9-6-7-10(13(18)8-9)14(19)16-11-4-2-1-3-5-12(11)17/h6-8,11-12,17-18H,1-5H2,(H,16,19). The van der Waals surface area contributed by atoms with Crippen LogP contribution in [0.1, 0.15) is 42.5 Å². The molecule has 4 nitrogen and oxygen atoms in total. The molecule has 0 aliphatic heterocycles. The van der Waals surface area contributed by atoms with E-state index in [4.69, 9.17) is 0 Å². The molecule has 1 aliphatic carbocycles. The Morgan fingerprint density at radius 3 is 2.74 bits per heavy atom. The van der Waals surface area contributed by atoms with Gasteiger partial charge in [-0.1, -0.05) is 19.3 Å². The summed E-state index contributed by atoms with van der Waals surface area (Å²) in [4.78, 5) is 12.0. The van der Waals surface area contributed by atoms with Gasteiger partial charge in [0.05, 0.1) is 17.7 Å². The molecule has 0 bridgehead atoms. The summed E-state index contributed by atoms with van der Waals surface area (Å²) in [7, 11) is 0. The van der Waals surface area contributed by atoms with E-state index >= 15 is 0 Å². The van der Waals surface area contributed by atoms with Crippen molar-refractivity contribution in [2.45, 2.75) is 44.2 Å². The van der Waals surface area contributed by atoms with Gasteiger partial charge in [-0.15, -0.1) is 0 Å². The van der Waals surface area contributed by atoms with Gasteiger partial charge in [-0.3, -0.25) is 4.79 Å². The van der Waals surface area contributed by atoms with Crippen molar-refractivity contribution in [3.8, 4) is 5.75 Å². The number of halogens is 1. The van der Waals surface area contributed by atoms with Gasteiger partial charge in [-0.2, -0.15) is 0 Å². The maximum Gasteiger partial charge on any atom is 0.255 e. The lowest BCUT2D eigenvalue weighted by atomic mass is 10.1. The van der Waals surface area contributed by atoms with Crippen LogP contribution in [0.2, 0.25) is 0 Å². The average molecular weight is 267 g/mol. The third-order valence-electron chi connectivity index (χ3n) is 3.50. The molecule has 3 N–H and O–H groups in total. The van der Waals surface area contributed by atoms with Gasteiger partial charge < -0.3 is 15.5 Å². The first-order valence-corrected chi connectivity index (χ1v) is 6.55. The van der Waals surface area contributed by atoms with E-state index in [1.54, 1.807) is 0 Å². The largest absolute Gasteiger partial charge is 0.507 e. The number of hydrogen-bond donors (Lipinski definition) is 3. The van der Waals surface area contributed by atoms with E-state index in [0.29, 0.717) is 6.42 Å². The Labute approximate surface area is 111 Å². The predicted molar refractivity (Wildman–Crippen MR) is 68.4 cm³/mol. The number of benzene rings is 1. The number of carbonyl (C=O) groups is 1.